The van der Waals surface area contributed by atoms with Gasteiger partial charge in [-0.15, -0.1) is 0 Å². The van der Waals surface area contributed by atoms with E-state index in [-0.39, 0.29) is 0 Å². The topological polar surface area (TPSA) is 21.3 Å². The quantitative estimate of drug-likeness (QED) is 0.818. The highest BCUT2D eigenvalue weighted by atomic mass is 16.5. The van der Waals surface area contributed by atoms with Crippen molar-refractivity contribution >= 4 is 0 Å². The molecule has 1 aromatic carbocycles. The van der Waals surface area contributed by atoms with Crippen LogP contribution in [0.3, 0.4) is 0 Å². The molecular weight excluding hydrogens is 186 g/mol. The molecule has 2 heteroatoms. The summed E-state index contributed by atoms with van der Waals surface area (Å²) in [5, 5.41) is 3.54. The molecule has 1 heterocycles. The standard InChI is InChI=1S/C13H19NO/c1-3-11-8-12-10(9-14-11)6-5-7-13(12)15-4-2/h5-7,11,14H,3-4,8-9H2,1-2H3. The minimum Gasteiger partial charge on any atom is -0.494 e. The second-order valence-corrected chi connectivity index (χ2v) is 4.02. The molecule has 0 saturated heterocycles. The van der Waals surface area contributed by atoms with Crippen LogP contribution >= 0.6 is 0 Å². The normalized spacial score (nSPS) is 19.7. The second-order valence-electron chi connectivity index (χ2n) is 4.02. The summed E-state index contributed by atoms with van der Waals surface area (Å²) in [6.07, 6.45) is 2.28. The average molecular weight is 205 g/mol. The lowest BCUT2D eigenvalue weighted by atomic mass is 9.94. The zero-order valence-corrected chi connectivity index (χ0v) is 9.55. The van der Waals surface area contributed by atoms with E-state index in [1.165, 1.54) is 17.5 Å². The molecule has 1 aromatic rings. The Morgan fingerprint density at radius 1 is 1.40 bits per heavy atom. The largest absolute Gasteiger partial charge is 0.494 e. The zero-order chi connectivity index (χ0) is 10.7. The Bertz CT molecular complexity index is 335. The van der Waals surface area contributed by atoms with Crippen LogP contribution in [0.4, 0.5) is 0 Å². The maximum Gasteiger partial charge on any atom is 0.122 e. The lowest BCUT2D eigenvalue weighted by Crippen LogP contribution is -2.35. The highest BCUT2D eigenvalue weighted by Crippen LogP contribution is 2.27. The SMILES string of the molecule is CCOc1cccc2c1CC(CC)NC2. The van der Waals surface area contributed by atoms with Crippen LogP contribution in [0.25, 0.3) is 0 Å². The van der Waals surface area contributed by atoms with Crippen molar-refractivity contribution in [1.29, 1.82) is 0 Å². The molecule has 1 aliphatic rings. The third-order valence-corrected chi connectivity index (χ3v) is 3.05. The molecule has 0 aliphatic carbocycles. The van der Waals surface area contributed by atoms with Crippen molar-refractivity contribution in [2.24, 2.45) is 0 Å². The number of benzene rings is 1. The van der Waals surface area contributed by atoms with Crippen molar-refractivity contribution < 1.29 is 4.74 Å². The van der Waals surface area contributed by atoms with Crippen LogP contribution in [-0.4, -0.2) is 12.6 Å². The molecule has 1 N–H and O–H groups in total. The van der Waals surface area contributed by atoms with Gasteiger partial charge in [0.15, 0.2) is 0 Å². The Labute approximate surface area is 91.6 Å². The highest BCUT2D eigenvalue weighted by Gasteiger charge is 2.19. The van der Waals surface area contributed by atoms with E-state index in [1.807, 2.05) is 6.92 Å². The van der Waals surface area contributed by atoms with Crippen LogP contribution in [0, 0.1) is 0 Å². The molecule has 0 spiro atoms. The number of ether oxygens (including phenoxy) is 1. The van der Waals surface area contributed by atoms with Gasteiger partial charge in [0, 0.05) is 18.2 Å². The Kier molecular flexibility index (Phi) is 3.27. The molecule has 82 valence electrons. The second kappa shape index (κ2) is 4.67. The summed E-state index contributed by atoms with van der Waals surface area (Å²) in [6, 6.07) is 6.97. The number of rotatable bonds is 3. The summed E-state index contributed by atoms with van der Waals surface area (Å²) in [4.78, 5) is 0. The molecule has 1 atom stereocenters. The lowest BCUT2D eigenvalue weighted by molar-refractivity contribution is 0.330. The van der Waals surface area contributed by atoms with E-state index in [0.29, 0.717) is 6.04 Å². The zero-order valence-electron chi connectivity index (χ0n) is 9.55. The van der Waals surface area contributed by atoms with Crippen molar-refractivity contribution in [1.82, 2.24) is 5.32 Å². The molecule has 0 amide bonds. The van der Waals surface area contributed by atoms with Gasteiger partial charge in [-0.2, -0.15) is 0 Å². The van der Waals surface area contributed by atoms with E-state index >= 15 is 0 Å². The fourth-order valence-electron chi connectivity index (χ4n) is 2.16. The van der Waals surface area contributed by atoms with Crippen LogP contribution in [0.15, 0.2) is 18.2 Å². The predicted molar refractivity (Wildman–Crippen MR) is 62.2 cm³/mol. The van der Waals surface area contributed by atoms with E-state index in [0.717, 1.165) is 25.3 Å². The van der Waals surface area contributed by atoms with Crippen molar-refractivity contribution in [3.63, 3.8) is 0 Å². The molecule has 0 bridgehead atoms. The van der Waals surface area contributed by atoms with Crippen LogP contribution in [-0.2, 0) is 13.0 Å². The van der Waals surface area contributed by atoms with Crippen LogP contribution in [0.2, 0.25) is 0 Å². The Morgan fingerprint density at radius 2 is 2.27 bits per heavy atom. The van der Waals surface area contributed by atoms with E-state index in [1.54, 1.807) is 0 Å². The first-order valence-corrected chi connectivity index (χ1v) is 5.82. The summed E-state index contributed by atoms with van der Waals surface area (Å²) in [5.41, 5.74) is 2.80. The summed E-state index contributed by atoms with van der Waals surface area (Å²) in [5.74, 6) is 1.08. The van der Waals surface area contributed by atoms with Crippen molar-refractivity contribution in [2.75, 3.05) is 6.61 Å². The first-order chi connectivity index (χ1) is 7.35. The summed E-state index contributed by atoms with van der Waals surface area (Å²) in [7, 11) is 0. The monoisotopic (exact) mass is 205 g/mol. The Balaban J connectivity index is 2.28. The minimum absolute atomic E-state index is 0.610. The molecule has 0 radical (unpaired) electrons. The maximum absolute atomic E-state index is 5.67. The molecule has 2 nitrogen and oxygen atoms in total. The van der Waals surface area contributed by atoms with Gasteiger partial charge in [-0.3, -0.25) is 0 Å². The fraction of sp³-hybridized carbons (Fsp3) is 0.538. The van der Waals surface area contributed by atoms with Gasteiger partial charge in [-0.05, 0) is 31.4 Å². The number of fused-ring (bicyclic) bond motifs is 1. The number of nitrogens with one attached hydrogen (secondary N) is 1. The first kappa shape index (κ1) is 10.5. The van der Waals surface area contributed by atoms with Crippen molar-refractivity contribution in [2.45, 2.75) is 39.3 Å². The molecule has 0 aromatic heterocycles. The molecule has 15 heavy (non-hydrogen) atoms. The number of hydrogen-bond acceptors (Lipinski definition) is 2. The Morgan fingerprint density at radius 3 is 3.00 bits per heavy atom. The number of hydrogen-bond donors (Lipinski definition) is 1. The highest BCUT2D eigenvalue weighted by molar-refractivity contribution is 5.42. The van der Waals surface area contributed by atoms with Crippen LogP contribution in [0.5, 0.6) is 5.75 Å². The summed E-state index contributed by atoms with van der Waals surface area (Å²) < 4.78 is 5.67. The van der Waals surface area contributed by atoms with Gasteiger partial charge in [-0.1, -0.05) is 19.1 Å². The van der Waals surface area contributed by atoms with Gasteiger partial charge in [-0.25, -0.2) is 0 Å². The summed E-state index contributed by atoms with van der Waals surface area (Å²) in [6.45, 7) is 6.00. The van der Waals surface area contributed by atoms with Gasteiger partial charge < -0.3 is 10.1 Å². The third kappa shape index (κ3) is 2.15. The maximum atomic E-state index is 5.67. The van der Waals surface area contributed by atoms with Crippen molar-refractivity contribution in [3.8, 4) is 5.75 Å². The molecule has 2 rings (SSSR count). The molecule has 0 fully saturated rings. The molecule has 0 saturated carbocycles. The lowest BCUT2D eigenvalue weighted by Gasteiger charge is -2.26. The Hall–Kier alpha value is -1.02. The van der Waals surface area contributed by atoms with E-state index in [2.05, 4.69) is 30.4 Å². The van der Waals surface area contributed by atoms with Gasteiger partial charge in [0.1, 0.15) is 5.75 Å². The predicted octanol–water partition coefficient (Wildman–Crippen LogP) is 2.51. The first-order valence-electron chi connectivity index (χ1n) is 5.82. The van der Waals surface area contributed by atoms with Crippen LogP contribution < -0.4 is 10.1 Å². The van der Waals surface area contributed by atoms with E-state index in [4.69, 9.17) is 4.74 Å². The van der Waals surface area contributed by atoms with E-state index < -0.39 is 0 Å². The van der Waals surface area contributed by atoms with E-state index in [9.17, 15) is 0 Å². The average Bonchev–Trinajstić information content (AvgIpc) is 2.29. The smallest absolute Gasteiger partial charge is 0.122 e. The van der Waals surface area contributed by atoms with Crippen LogP contribution in [0.1, 0.15) is 31.4 Å². The third-order valence-electron chi connectivity index (χ3n) is 3.05. The van der Waals surface area contributed by atoms with Gasteiger partial charge in [0.05, 0.1) is 6.61 Å². The fourth-order valence-corrected chi connectivity index (χ4v) is 2.16. The van der Waals surface area contributed by atoms with Crippen molar-refractivity contribution in [3.05, 3.63) is 29.3 Å². The summed E-state index contributed by atoms with van der Waals surface area (Å²) >= 11 is 0. The van der Waals surface area contributed by atoms with Gasteiger partial charge in [0.25, 0.3) is 0 Å². The molecule has 1 unspecified atom stereocenters. The minimum atomic E-state index is 0.610. The van der Waals surface area contributed by atoms with Gasteiger partial charge >= 0.3 is 0 Å². The molecular formula is C13H19NO. The van der Waals surface area contributed by atoms with Gasteiger partial charge in [0.2, 0.25) is 0 Å². The molecule has 1 aliphatic heterocycles.